The molecule has 1 aromatic rings. The van der Waals surface area contributed by atoms with Gasteiger partial charge in [-0.1, -0.05) is 12.1 Å². The van der Waals surface area contributed by atoms with E-state index in [0.29, 0.717) is 0 Å². The average Bonchev–Trinajstić information content (AvgIpc) is 2.59. The van der Waals surface area contributed by atoms with Gasteiger partial charge in [-0.3, -0.25) is 4.90 Å². The number of hydrogen-bond donors (Lipinski definition) is 2. The van der Waals surface area contributed by atoms with E-state index in [1.807, 2.05) is 12.1 Å². The number of amides is 2. The number of rotatable bonds is 1. The molecule has 2 N–H and O–H groups in total. The normalized spacial score (nSPS) is 14.8. The number of benzene rings is 1. The van der Waals surface area contributed by atoms with E-state index in [-0.39, 0.29) is 6.03 Å². The van der Waals surface area contributed by atoms with Crippen molar-refractivity contribution in [2.45, 2.75) is 13.1 Å². The standard InChI is InChI=1S/C11H15N3O/c1-12-11(15)13-10-5-3-4-8-6-14(2)7-9(8)10/h3-5H,6-7H2,1-2H3,(H2,12,13,15). The lowest BCUT2D eigenvalue weighted by molar-refractivity contribution is 0.254. The fourth-order valence-electron chi connectivity index (χ4n) is 1.89. The van der Waals surface area contributed by atoms with Gasteiger partial charge in [0.25, 0.3) is 0 Å². The highest BCUT2D eigenvalue weighted by molar-refractivity contribution is 5.90. The predicted molar refractivity (Wildman–Crippen MR) is 59.7 cm³/mol. The van der Waals surface area contributed by atoms with E-state index in [4.69, 9.17) is 0 Å². The molecule has 0 unspecified atom stereocenters. The largest absolute Gasteiger partial charge is 0.341 e. The van der Waals surface area contributed by atoms with E-state index in [1.165, 1.54) is 11.1 Å². The summed E-state index contributed by atoms with van der Waals surface area (Å²) in [5.41, 5.74) is 3.44. The molecule has 4 heteroatoms. The molecule has 2 amide bonds. The highest BCUT2D eigenvalue weighted by Crippen LogP contribution is 2.27. The first-order valence-electron chi connectivity index (χ1n) is 4.98. The molecule has 1 aromatic carbocycles. The number of nitrogens with zero attached hydrogens (tertiary/aromatic N) is 1. The first-order valence-corrected chi connectivity index (χ1v) is 4.98. The first-order chi connectivity index (χ1) is 7.20. The minimum Gasteiger partial charge on any atom is -0.341 e. The lowest BCUT2D eigenvalue weighted by Gasteiger charge is -2.09. The first kappa shape index (κ1) is 9.98. The Morgan fingerprint density at radius 2 is 2.20 bits per heavy atom. The van der Waals surface area contributed by atoms with Crippen molar-refractivity contribution >= 4 is 11.7 Å². The summed E-state index contributed by atoms with van der Waals surface area (Å²) in [4.78, 5) is 13.4. The van der Waals surface area contributed by atoms with Crippen LogP contribution < -0.4 is 10.6 Å². The predicted octanol–water partition coefficient (Wildman–Crippen LogP) is 1.38. The molecule has 15 heavy (non-hydrogen) atoms. The average molecular weight is 205 g/mol. The Hall–Kier alpha value is -1.55. The van der Waals surface area contributed by atoms with Gasteiger partial charge in [-0.2, -0.15) is 0 Å². The lowest BCUT2D eigenvalue weighted by atomic mass is 10.1. The molecular formula is C11H15N3O. The van der Waals surface area contributed by atoms with Crippen LogP contribution in [-0.4, -0.2) is 25.0 Å². The van der Waals surface area contributed by atoms with Gasteiger partial charge in [0.1, 0.15) is 0 Å². The van der Waals surface area contributed by atoms with Crippen molar-refractivity contribution in [3.63, 3.8) is 0 Å². The van der Waals surface area contributed by atoms with E-state index in [1.54, 1.807) is 7.05 Å². The van der Waals surface area contributed by atoms with Gasteiger partial charge in [0.05, 0.1) is 0 Å². The third-order valence-electron chi connectivity index (χ3n) is 2.62. The van der Waals surface area contributed by atoms with Crippen LogP contribution in [0.3, 0.4) is 0 Å². The number of anilines is 1. The third-order valence-corrected chi connectivity index (χ3v) is 2.62. The Balaban J connectivity index is 2.26. The maximum Gasteiger partial charge on any atom is 0.318 e. The third kappa shape index (κ3) is 1.94. The van der Waals surface area contributed by atoms with E-state index < -0.39 is 0 Å². The minimum atomic E-state index is -0.169. The SMILES string of the molecule is CNC(=O)Nc1cccc2c1CN(C)C2. The van der Waals surface area contributed by atoms with Crippen LogP contribution in [0.4, 0.5) is 10.5 Å². The van der Waals surface area contributed by atoms with Gasteiger partial charge >= 0.3 is 6.03 Å². The summed E-state index contributed by atoms with van der Waals surface area (Å²) in [7, 11) is 3.69. The van der Waals surface area contributed by atoms with Crippen molar-refractivity contribution in [2.75, 3.05) is 19.4 Å². The zero-order valence-corrected chi connectivity index (χ0v) is 9.00. The molecule has 80 valence electrons. The van der Waals surface area contributed by atoms with E-state index in [2.05, 4.69) is 28.6 Å². The second-order valence-corrected chi connectivity index (χ2v) is 3.82. The van der Waals surface area contributed by atoms with Crippen molar-refractivity contribution in [1.82, 2.24) is 10.2 Å². The summed E-state index contributed by atoms with van der Waals surface area (Å²) >= 11 is 0. The van der Waals surface area contributed by atoms with Gasteiger partial charge in [0.15, 0.2) is 0 Å². The van der Waals surface area contributed by atoms with Gasteiger partial charge in [0, 0.05) is 25.8 Å². The molecular weight excluding hydrogens is 190 g/mol. The van der Waals surface area contributed by atoms with Crippen LogP contribution in [0.1, 0.15) is 11.1 Å². The zero-order chi connectivity index (χ0) is 10.8. The van der Waals surface area contributed by atoms with Gasteiger partial charge in [-0.25, -0.2) is 4.79 Å². The van der Waals surface area contributed by atoms with Gasteiger partial charge in [-0.05, 0) is 24.2 Å². The van der Waals surface area contributed by atoms with Crippen molar-refractivity contribution in [3.05, 3.63) is 29.3 Å². The van der Waals surface area contributed by atoms with Gasteiger partial charge < -0.3 is 10.6 Å². The van der Waals surface area contributed by atoms with Crippen molar-refractivity contribution in [2.24, 2.45) is 0 Å². The van der Waals surface area contributed by atoms with Crippen molar-refractivity contribution in [1.29, 1.82) is 0 Å². The molecule has 0 radical (unpaired) electrons. The monoisotopic (exact) mass is 205 g/mol. The summed E-state index contributed by atoms with van der Waals surface area (Å²) < 4.78 is 0. The van der Waals surface area contributed by atoms with Crippen LogP contribution >= 0.6 is 0 Å². The molecule has 0 fully saturated rings. The number of fused-ring (bicyclic) bond motifs is 1. The van der Waals surface area contributed by atoms with Gasteiger partial charge in [-0.15, -0.1) is 0 Å². The minimum absolute atomic E-state index is 0.169. The fraction of sp³-hybridized carbons (Fsp3) is 0.364. The van der Waals surface area contributed by atoms with E-state index in [0.717, 1.165) is 18.8 Å². The molecule has 2 rings (SSSR count). The summed E-state index contributed by atoms with van der Waals surface area (Å²) in [6, 6.07) is 5.85. The smallest absolute Gasteiger partial charge is 0.318 e. The quantitative estimate of drug-likeness (QED) is 0.727. The molecule has 0 aromatic heterocycles. The van der Waals surface area contributed by atoms with Crippen LogP contribution in [0.25, 0.3) is 0 Å². The molecule has 4 nitrogen and oxygen atoms in total. The van der Waals surface area contributed by atoms with Crippen LogP contribution in [0.15, 0.2) is 18.2 Å². The molecule has 1 heterocycles. The Kier molecular flexibility index (Phi) is 2.60. The van der Waals surface area contributed by atoms with Crippen molar-refractivity contribution in [3.8, 4) is 0 Å². The number of hydrogen-bond acceptors (Lipinski definition) is 2. The van der Waals surface area contributed by atoms with Gasteiger partial charge in [0.2, 0.25) is 0 Å². The topological polar surface area (TPSA) is 44.4 Å². The van der Waals surface area contributed by atoms with Crippen LogP contribution in [-0.2, 0) is 13.1 Å². The molecule has 0 atom stereocenters. The maximum absolute atomic E-state index is 11.2. The maximum atomic E-state index is 11.2. The van der Waals surface area contributed by atoms with Crippen molar-refractivity contribution < 1.29 is 4.79 Å². The van der Waals surface area contributed by atoms with E-state index >= 15 is 0 Å². The molecule has 0 bridgehead atoms. The Morgan fingerprint density at radius 3 is 2.93 bits per heavy atom. The number of carbonyl (C=O) groups excluding carboxylic acids is 1. The second-order valence-electron chi connectivity index (χ2n) is 3.82. The lowest BCUT2D eigenvalue weighted by Crippen LogP contribution is -2.25. The second kappa shape index (κ2) is 3.90. The van der Waals surface area contributed by atoms with Crippen LogP contribution in [0.2, 0.25) is 0 Å². The highest BCUT2D eigenvalue weighted by atomic mass is 16.2. The molecule has 1 aliphatic heterocycles. The molecule has 0 spiro atoms. The Labute approximate surface area is 89.3 Å². The summed E-state index contributed by atoms with van der Waals surface area (Å²) in [5.74, 6) is 0. The zero-order valence-electron chi connectivity index (χ0n) is 9.00. The van der Waals surface area contributed by atoms with Crippen LogP contribution in [0, 0.1) is 0 Å². The van der Waals surface area contributed by atoms with Crippen LogP contribution in [0.5, 0.6) is 0 Å². The molecule has 1 aliphatic rings. The number of urea groups is 1. The molecule has 0 saturated carbocycles. The Bertz CT molecular complexity index is 389. The Morgan fingerprint density at radius 1 is 1.40 bits per heavy atom. The summed E-state index contributed by atoms with van der Waals surface area (Å²) in [6.45, 7) is 1.86. The molecule has 0 aliphatic carbocycles. The number of carbonyl (C=O) groups is 1. The molecule has 0 saturated heterocycles. The highest BCUT2D eigenvalue weighted by Gasteiger charge is 2.18. The number of nitrogens with one attached hydrogen (secondary N) is 2. The fourth-order valence-corrected chi connectivity index (χ4v) is 1.89. The summed E-state index contributed by atoms with van der Waals surface area (Å²) in [5, 5.41) is 5.39. The van der Waals surface area contributed by atoms with E-state index in [9.17, 15) is 4.79 Å². The summed E-state index contributed by atoms with van der Waals surface area (Å²) in [6.07, 6.45) is 0.